The van der Waals surface area contributed by atoms with Crippen molar-refractivity contribution < 1.29 is 4.74 Å². The van der Waals surface area contributed by atoms with Crippen molar-refractivity contribution in [3.8, 4) is 5.75 Å². The van der Waals surface area contributed by atoms with E-state index in [2.05, 4.69) is 30.9 Å². The number of hydrogen-bond donors (Lipinski definition) is 1. The van der Waals surface area contributed by atoms with Crippen LogP contribution in [0.2, 0.25) is 0 Å². The summed E-state index contributed by atoms with van der Waals surface area (Å²) in [5, 5.41) is 0. The number of piperidine rings is 1. The van der Waals surface area contributed by atoms with Gasteiger partial charge in [-0.2, -0.15) is 0 Å². The van der Waals surface area contributed by atoms with E-state index in [0.717, 1.165) is 18.8 Å². The molecule has 1 aromatic carbocycles. The second-order valence-electron chi connectivity index (χ2n) is 6.84. The highest BCUT2D eigenvalue weighted by atomic mass is 16.5. The van der Waals surface area contributed by atoms with Crippen LogP contribution >= 0.6 is 0 Å². The Morgan fingerprint density at radius 1 is 1.40 bits per heavy atom. The minimum Gasteiger partial charge on any atom is -0.496 e. The van der Waals surface area contributed by atoms with Gasteiger partial charge in [0.1, 0.15) is 5.75 Å². The minimum atomic E-state index is 0.0671. The van der Waals surface area contributed by atoms with Gasteiger partial charge in [-0.25, -0.2) is 0 Å². The molecule has 1 aliphatic heterocycles. The van der Waals surface area contributed by atoms with Crippen LogP contribution in [-0.4, -0.2) is 25.1 Å². The van der Waals surface area contributed by atoms with Crippen LogP contribution in [0.1, 0.15) is 50.8 Å². The molecular formula is C17H28N2O. The molecule has 2 N–H and O–H groups in total. The third kappa shape index (κ3) is 3.74. The molecular weight excluding hydrogens is 248 g/mol. The molecule has 1 unspecified atom stereocenters. The van der Waals surface area contributed by atoms with E-state index >= 15 is 0 Å². The monoisotopic (exact) mass is 276 g/mol. The van der Waals surface area contributed by atoms with E-state index in [4.69, 9.17) is 10.5 Å². The second kappa shape index (κ2) is 6.15. The molecule has 3 heteroatoms. The van der Waals surface area contributed by atoms with Crippen molar-refractivity contribution in [1.82, 2.24) is 4.90 Å². The summed E-state index contributed by atoms with van der Waals surface area (Å²) in [7, 11) is 1.74. The van der Waals surface area contributed by atoms with Crippen LogP contribution in [-0.2, 0) is 6.54 Å². The van der Waals surface area contributed by atoms with E-state index < -0.39 is 0 Å². The van der Waals surface area contributed by atoms with Crippen LogP contribution in [0.3, 0.4) is 0 Å². The predicted molar refractivity (Wildman–Crippen MR) is 83.9 cm³/mol. The first-order valence-corrected chi connectivity index (χ1v) is 7.56. The van der Waals surface area contributed by atoms with Gasteiger partial charge >= 0.3 is 0 Å². The van der Waals surface area contributed by atoms with Gasteiger partial charge in [0.25, 0.3) is 0 Å². The van der Waals surface area contributed by atoms with E-state index in [1.54, 1.807) is 7.11 Å². The topological polar surface area (TPSA) is 38.5 Å². The minimum absolute atomic E-state index is 0.0671. The summed E-state index contributed by atoms with van der Waals surface area (Å²) in [6, 6.07) is 6.37. The van der Waals surface area contributed by atoms with Gasteiger partial charge in [0.2, 0.25) is 0 Å². The molecule has 1 heterocycles. The quantitative estimate of drug-likeness (QED) is 0.916. The molecule has 1 aromatic rings. The average molecular weight is 276 g/mol. The van der Waals surface area contributed by atoms with Gasteiger partial charge < -0.3 is 10.5 Å². The number of nitrogens with two attached hydrogens (primary N) is 1. The maximum atomic E-state index is 6.00. The molecule has 1 atom stereocenters. The predicted octanol–water partition coefficient (Wildman–Crippen LogP) is 3.34. The number of ether oxygens (including phenoxy) is 1. The van der Waals surface area contributed by atoms with Crippen LogP contribution < -0.4 is 10.5 Å². The lowest BCUT2D eigenvalue weighted by Crippen LogP contribution is -2.39. The molecule has 0 spiro atoms. The molecule has 2 rings (SSSR count). The molecule has 0 radical (unpaired) electrons. The molecule has 3 nitrogen and oxygen atoms in total. The average Bonchev–Trinajstić information content (AvgIpc) is 2.37. The Morgan fingerprint density at radius 3 is 2.75 bits per heavy atom. The Morgan fingerprint density at radius 2 is 2.15 bits per heavy atom. The second-order valence-corrected chi connectivity index (χ2v) is 6.84. The van der Waals surface area contributed by atoms with Crippen molar-refractivity contribution in [3.63, 3.8) is 0 Å². The van der Waals surface area contributed by atoms with Crippen LogP contribution in [0, 0.1) is 5.41 Å². The lowest BCUT2D eigenvalue weighted by atomic mass is 9.84. The molecule has 1 saturated heterocycles. The fourth-order valence-electron chi connectivity index (χ4n) is 3.13. The van der Waals surface area contributed by atoms with E-state index in [0.29, 0.717) is 5.41 Å². The van der Waals surface area contributed by atoms with Crippen molar-refractivity contribution >= 4 is 0 Å². The van der Waals surface area contributed by atoms with E-state index in [1.807, 2.05) is 13.0 Å². The Bertz CT molecular complexity index is 454. The first kappa shape index (κ1) is 15.3. The maximum absolute atomic E-state index is 6.00. The Labute approximate surface area is 123 Å². The molecule has 1 fully saturated rings. The van der Waals surface area contributed by atoms with Crippen LogP contribution in [0.15, 0.2) is 18.2 Å². The summed E-state index contributed by atoms with van der Waals surface area (Å²) in [5.41, 5.74) is 8.84. The van der Waals surface area contributed by atoms with Gasteiger partial charge in [0, 0.05) is 24.7 Å². The summed E-state index contributed by atoms with van der Waals surface area (Å²) < 4.78 is 5.51. The fourth-order valence-corrected chi connectivity index (χ4v) is 3.13. The van der Waals surface area contributed by atoms with Crippen molar-refractivity contribution in [2.75, 3.05) is 20.2 Å². The molecule has 0 saturated carbocycles. The smallest absolute Gasteiger partial charge is 0.123 e. The van der Waals surface area contributed by atoms with Crippen LogP contribution in [0.25, 0.3) is 0 Å². The number of benzene rings is 1. The zero-order valence-corrected chi connectivity index (χ0v) is 13.3. The third-order valence-corrected chi connectivity index (χ3v) is 4.20. The fraction of sp³-hybridized carbons (Fsp3) is 0.647. The molecule has 0 bridgehead atoms. The Balaban J connectivity index is 2.16. The SMILES string of the molecule is COc1ccc(C(C)N)cc1CN1CCCC(C)(C)C1. The third-order valence-electron chi connectivity index (χ3n) is 4.20. The van der Waals surface area contributed by atoms with E-state index in [1.165, 1.54) is 30.5 Å². The van der Waals surface area contributed by atoms with Gasteiger partial charge in [0.15, 0.2) is 0 Å². The van der Waals surface area contributed by atoms with E-state index in [9.17, 15) is 0 Å². The molecule has 0 amide bonds. The summed E-state index contributed by atoms with van der Waals surface area (Å²) >= 11 is 0. The highest BCUT2D eigenvalue weighted by Gasteiger charge is 2.26. The van der Waals surface area contributed by atoms with Crippen molar-refractivity contribution in [2.45, 2.75) is 46.2 Å². The number of rotatable bonds is 4. The number of hydrogen-bond acceptors (Lipinski definition) is 3. The summed E-state index contributed by atoms with van der Waals surface area (Å²) in [4.78, 5) is 2.53. The summed E-state index contributed by atoms with van der Waals surface area (Å²) in [5.74, 6) is 0.970. The molecule has 0 aliphatic carbocycles. The Kier molecular flexibility index (Phi) is 4.71. The largest absolute Gasteiger partial charge is 0.496 e. The first-order valence-electron chi connectivity index (χ1n) is 7.56. The zero-order valence-electron chi connectivity index (χ0n) is 13.3. The van der Waals surface area contributed by atoms with Crippen LogP contribution in [0.4, 0.5) is 0 Å². The molecule has 20 heavy (non-hydrogen) atoms. The number of nitrogens with zero attached hydrogens (tertiary/aromatic N) is 1. The van der Waals surface area contributed by atoms with Gasteiger partial charge in [-0.3, -0.25) is 4.90 Å². The highest BCUT2D eigenvalue weighted by Crippen LogP contribution is 2.31. The van der Waals surface area contributed by atoms with Gasteiger partial charge in [0.05, 0.1) is 7.11 Å². The highest BCUT2D eigenvalue weighted by molar-refractivity contribution is 5.38. The van der Waals surface area contributed by atoms with Crippen molar-refractivity contribution in [1.29, 1.82) is 0 Å². The normalized spacial score (nSPS) is 20.6. The lowest BCUT2D eigenvalue weighted by Gasteiger charge is -2.38. The molecule has 1 aliphatic rings. The van der Waals surface area contributed by atoms with Gasteiger partial charge in [-0.1, -0.05) is 19.9 Å². The first-order chi connectivity index (χ1) is 9.41. The Hall–Kier alpha value is -1.06. The number of methoxy groups -OCH3 is 1. The summed E-state index contributed by atoms with van der Waals surface area (Å²) in [6.07, 6.45) is 2.60. The summed E-state index contributed by atoms with van der Waals surface area (Å²) in [6.45, 7) is 10.0. The standard InChI is InChI=1S/C17H28N2O/c1-13(18)14-6-7-16(20-4)15(10-14)11-19-9-5-8-17(2,3)12-19/h6-7,10,13H,5,8-9,11-12,18H2,1-4H3. The lowest BCUT2D eigenvalue weighted by molar-refractivity contribution is 0.111. The zero-order chi connectivity index (χ0) is 14.8. The van der Waals surface area contributed by atoms with Crippen LogP contribution in [0.5, 0.6) is 5.75 Å². The maximum Gasteiger partial charge on any atom is 0.123 e. The molecule has 112 valence electrons. The van der Waals surface area contributed by atoms with Gasteiger partial charge in [-0.05, 0) is 49.4 Å². The van der Waals surface area contributed by atoms with Gasteiger partial charge in [-0.15, -0.1) is 0 Å². The van der Waals surface area contributed by atoms with Crippen molar-refractivity contribution in [2.24, 2.45) is 11.1 Å². The number of likely N-dealkylation sites (tertiary alicyclic amines) is 1. The van der Waals surface area contributed by atoms with E-state index in [-0.39, 0.29) is 6.04 Å². The molecule has 0 aromatic heterocycles. The van der Waals surface area contributed by atoms with Crippen molar-refractivity contribution in [3.05, 3.63) is 29.3 Å².